The van der Waals surface area contributed by atoms with Gasteiger partial charge in [-0.15, -0.1) is 0 Å². The molecule has 4 rings (SSSR count). The van der Waals surface area contributed by atoms with Gasteiger partial charge in [0.1, 0.15) is 12.4 Å². The Bertz CT molecular complexity index is 811. The van der Waals surface area contributed by atoms with Crippen molar-refractivity contribution in [2.75, 3.05) is 23.8 Å². The van der Waals surface area contributed by atoms with Crippen LogP contribution in [0.15, 0.2) is 30.7 Å². The monoisotopic (exact) mass is 311 g/mol. The molecule has 1 fully saturated rings. The molecule has 0 aromatic carbocycles. The zero-order valence-corrected chi connectivity index (χ0v) is 12.6. The van der Waals surface area contributed by atoms with Gasteiger partial charge >= 0.3 is 6.01 Å². The van der Waals surface area contributed by atoms with E-state index in [-0.39, 0.29) is 6.01 Å². The number of nitrogens with two attached hydrogens (primary N) is 1. The Morgan fingerprint density at radius 3 is 2.70 bits per heavy atom. The van der Waals surface area contributed by atoms with Crippen LogP contribution in [0, 0.1) is 0 Å². The van der Waals surface area contributed by atoms with Crippen LogP contribution in [0.3, 0.4) is 0 Å². The van der Waals surface area contributed by atoms with E-state index < -0.39 is 0 Å². The van der Waals surface area contributed by atoms with E-state index in [1.807, 2.05) is 12.1 Å². The highest BCUT2D eigenvalue weighted by Gasteiger charge is 2.18. The Morgan fingerprint density at radius 1 is 1.13 bits per heavy atom. The first-order valence-corrected chi connectivity index (χ1v) is 7.59. The van der Waals surface area contributed by atoms with E-state index in [9.17, 15) is 0 Å². The molecule has 8 heteroatoms. The van der Waals surface area contributed by atoms with Gasteiger partial charge in [-0.2, -0.15) is 19.9 Å². The number of anilines is 1. The summed E-state index contributed by atoms with van der Waals surface area (Å²) in [6, 6.07) is 4.03. The number of pyridine rings is 1. The van der Waals surface area contributed by atoms with E-state index in [4.69, 9.17) is 10.5 Å². The van der Waals surface area contributed by atoms with Gasteiger partial charge in [-0.1, -0.05) is 0 Å². The predicted octanol–water partition coefficient (Wildman–Crippen LogP) is 1.11. The van der Waals surface area contributed by atoms with Gasteiger partial charge < -0.3 is 10.5 Å². The number of nitrogen functional groups attached to an aromatic ring is 1. The first kappa shape index (κ1) is 13.7. The van der Waals surface area contributed by atoms with Crippen molar-refractivity contribution in [3.05, 3.63) is 36.3 Å². The Hall–Kier alpha value is -2.90. The SMILES string of the molecule is Nc1nc(OCc2ccncc2)nc2c1cnn2N1CCCC1. The Kier molecular flexibility index (Phi) is 3.41. The van der Waals surface area contributed by atoms with Gasteiger partial charge in [-0.25, -0.2) is 0 Å². The zero-order valence-electron chi connectivity index (χ0n) is 12.6. The van der Waals surface area contributed by atoms with Crippen LogP contribution < -0.4 is 15.5 Å². The summed E-state index contributed by atoms with van der Waals surface area (Å²) in [5.74, 6) is 0.380. The van der Waals surface area contributed by atoms with Crippen LogP contribution in [0.5, 0.6) is 6.01 Å². The van der Waals surface area contributed by atoms with Gasteiger partial charge in [0.25, 0.3) is 0 Å². The molecule has 23 heavy (non-hydrogen) atoms. The third-order valence-corrected chi connectivity index (χ3v) is 3.89. The van der Waals surface area contributed by atoms with Crippen LogP contribution in [0.25, 0.3) is 11.0 Å². The van der Waals surface area contributed by atoms with Crippen molar-refractivity contribution in [3.8, 4) is 6.01 Å². The molecule has 0 amide bonds. The van der Waals surface area contributed by atoms with Gasteiger partial charge in [-0.05, 0) is 30.5 Å². The third kappa shape index (κ3) is 2.63. The van der Waals surface area contributed by atoms with Crippen molar-refractivity contribution >= 4 is 16.9 Å². The Labute approximate surface area is 132 Å². The average molecular weight is 311 g/mol. The van der Waals surface area contributed by atoms with Crippen molar-refractivity contribution in [1.82, 2.24) is 24.8 Å². The second kappa shape index (κ2) is 5.71. The zero-order chi connectivity index (χ0) is 15.6. The van der Waals surface area contributed by atoms with Crippen LogP contribution in [-0.4, -0.2) is 37.9 Å². The molecule has 0 aliphatic carbocycles. The molecule has 4 heterocycles. The summed E-state index contributed by atoms with van der Waals surface area (Å²) in [5, 5.41) is 7.29. The molecule has 8 nitrogen and oxygen atoms in total. The predicted molar refractivity (Wildman–Crippen MR) is 85.5 cm³/mol. The highest BCUT2D eigenvalue weighted by atomic mass is 16.5. The first-order valence-electron chi connectivity index (χ1n) is 7.59. The Balaban J connectivity index is 1.63. The lowest BCUT2D eigenvalue weighted by Crippen LogP contribution is -2.32. The summed E-state index contributed by atoms with van der Waals surface area (Å²) in [6.45, 7) is 2.30. The maximum Gasteiger partial charge on any atom is 0.320 e. The number of ether oxygens (including phenoxy) is 1. The van der Waals surface area contributed by atoms with Crippen molar-refractivity contribution < 1.29 is 4.74 Å². The van der Waals surface area contributed by atoms with Crippen LogP contribution >= 0.6 is 0 Å². The van der Waals surface area contributed by atoms with Crippen molar-refractivity contribution in [1.29, 1.82) is 0 Å². The number of nitrogens with zero attached hydrogens (tertiary/aromatic N) is 6. The summed E-state index contributed by atoms with van der Waals surface area (Å²) < 4.78 is 5.68. The minimum atomic E-state index is 0.257. The first-order chi connectivity index (χ1) is 11.3. The van der Waals surface area contributed by atoms with Gasteiger partial charge in [0.05, 0.1) is 11.6 Å². The molecular weight excluding hydrogens is 294 g/mol. The fourth-order valence-corrected chi connectivity index (χ4v) is 2.69. The maximum absolute atomic E-state index is 6.03. The summed E-state index contributed by atoms with van der Waals surface area (Å²) in [6.07, 6.45) is 7.47. The number of hydrogen-bond acceptors (Lipinski definition) is 7. The van der Waals surface area contributed by atoms with Gasteiger partial charge in [0, 0.05) is 25.5 Å². The molecule has 118 valence electrons. The molecule has 1 aliphatic heterocycles. The van der Waals surface area contributed by atoms with Crippen molar-refractivity contribution in [2.24, 2.45) is 0 Å². The van der Waals surface area contributed by atoms with E-state index in [1.165, 1.54) is 0 Å². The lowest BCUT2D eigenvalue weighted by Gasteiger charge is -2.17. The summed E-state index contributed by atoms with van der Waals surface area (Å²) >= 11 is 0. The van der Waals surface area contributed by atoms with E-state index in [0.717, 1.165) is 36.9 Å². The second-order valence-electron chi connectivity index (χ2n) is 5.47. The van der Waals surface area contributed by atoms with E-state index >= 15 is 0 Å². The minimum Gasteiger partial charge on any atom is -0.458 e. The average Bonchev–Trinajstić information content (AvgIpc) is 3.23. The van der Waals surface area contributed by atoms with E-state index in [2.05, 4.69) is 25.1 Å². The van der Waals surface area contributed by atoms with Crippen molar-refractivity contribution in [2.45, 2.75) is 19.4 Å². The molecule has 1 saturated heterocycles. The van der Waals surface area contributed by atoms with Crippen LogP contribution in [0.2, 0.25) is 0 Å². The molecule has 3 aromatic rings. The highest BCUT2D eigenvalue weighted by molar-refractivity contribution is 5.85. The van der Waals surface area contributed by atoms with E-state index in [1.54, 1.807) is 23.4 Å². The fourth-order valence-electron chi connectivity index (χ4n) is 2.69. The highest BCUT2D eigenvalue weighted by Crippen LogP contribution is 2.22. The van der Waals surface area contributed by atoms with Crippen LogP contribution in [-0.2, 0) is 6.61 Å². The molecule has 0 radical (unpaired) electrons. The molecule has 2 N–H and O–H groups in total. The van der Waals surface area contributed by atoms with Crippen LogP contribution in [0.4, 0.5) is 5.82 Å². The number of rotatable bonds is 4. The normalized spacial score (nSPS) is 14.5. The van der Waals surface area contributed by atoms with Gasteiger partial charge in [-0.3, -0.25) is 9.99 Å². The Morgan fingerprint density at radius 2 is 1.91 bits per heavy atom. The van der Waals surface area contributed by atoms with Crippen molar-refractivity contribution in [3.63, 3.8) is 0 Å². The molecule has 0 unspecified atom stereocenters. The lowest BCUT2D eigenvalue weighted by atomic mass is 10.3. The van der Waals surface area contributed by atoms with E-state index in [0.29, 0.717) is 18.1 Å². The molecule has 3 aromatic heterocycles. The number of hydrogen-bond donors (Lipinski definition) is 1. The smallest absolute Gasteiger partial charge is 0.320 e. The van der Waals surface area contributed by atoms with Crippen LogP contribution in [0.1, 0.15) is 18.4 Å². The minimum absolute atomic E-state index is 0.257. The molecule has 0 spiro atoms. The third-order valence-electron chi connectivity index (χ3n) is 3.89. The van der Waals surface area contributed by atoms with Gasteiger partial charge in [0.2, 0.25) is 0 Å². The molecule has 0 bridgehead atoms. The summed E-state index contributed by atoms with van der Waals surface area (Å²) in [7, 11) is 0. The molecular formula is C15H17N7O. The molecule has 0 saturated carbocycles. The molecule has 0 atom stereocenters. The quantitative estimate of drug-likeness (QED) is 0.771. The summed E-state index contributed by atoms with van der Waals surface area (Å²) in [4.78, 5) is 14.5. The second-order valence-corrected chi connectivity index (χ2v) is 5.47. The maximum atomic E-state index is 6.03. The fraction of sp³-hybridized carbons (Fsp3) is 0.333. The largest absolute Gasteiger partial charge is 0.458 e. The summed E-state index contributed by atoms with van der Waals surface area (Å²) in [5.41, 5.74) is 7.71. The molecule has 1 aliphatic rings. The topological polar surface area (TPSA) is 95.0 Å². The van der Waals surface area contributed by atoms with Gasteiger partial charge in [0.15, 0.2) is 5.65 Å². The standard InChI is InChI=1S/C15H17N7O/c16-13-12-9-18-22(21-7-1-2-8-21)14(12)20-15(19-13)23-10-11-3-5-17-6-4-11/h3-6,9H,1-2,7-8,10H2,(H2,16,19,20). The lowest BCUT2D eigenvalue weighted by molar-refractivity contribution is 0.282. The number of fused-ring (bicyclic) bond motifs is 1. The number of aromatic nitrogens is 5.